The van der Waals surface area contributed by atoms with Gasteiger partial charge in [0.15, 0.2) is 0 Å². The molecule has 0 amide bonds. The fourth-order valence-corrected chi connectivity index (χ4v) is 1.40. The Bertz CT molecular complexity index is 128. The third kappa shape index (κ3) is 2.38. The molecule has 2 nitrogen and oxygen atoms in total. The van der Waals surface area contributed by atoms with Crippen LogP contribution in [-0.4, -0.2) is 17.3 Å². The van der Waals surface area contributed by atoms with E-state index in [0.717, 1.165) is 0 Å². The molecule has 0 aliphatic heterocycles. The minimum Gasteiger partial charge on any atom is -0.379 e. The molecule has 4 heteroatoms. The first-order chi connectivity index (χ1) is 5.01. The second kappa shape index (κ2) is 3.03. The maximum Gasteiger partial charge on any atom is 0.248 e. The smallest absolute Gasteiger partial charge is 0.248 e. The first-order valence-corrected chi connectivity index (χ1v) is 3.83. The average molecular weight is 165 g/mol. The lowest BCUT2D eigenvalue weighted by Crippen LogP contribution is -2.35. The molecule has 1 fully saturated rings. The fraction of sp³-hybridized carbons (Fsp3) is 1.00. The van der Waals surface area contributed by atoms with Crippen LogP contribution in [0, 0.1) is 5.92 Å². The molecule has 1 aliphatic carbocycles. The molecule has 0 aromatic carbocycles. The molecule has 0 bridgehead atoms. The summed E-state index contributed by atoms with van der Waals surface area (Å²) in [6.45, 7) is 0. The van der Waals surface area contributed by atoms with Crippen molar-refractivity contribution < 1.29 is 13.9 Å². The van der Waals surface area contributed by atoms with Crippen LogP contribution in [0.2, 0.25) is 0 Å². The first-order valence-electron chi connectivity index (χ1n) is 3.83. The SMILES string of the molecule is NC(O)C1CCC(F)(F)CC1. The van der Waals surface area contributed by atoms with Gasteiger partial charge in [-0.15, -0.1) is 0 Å². The molecule has 0 radical (unpaired) electrons. The summed E-state index contributed by atoms with van der Waals surface area (Å²) >= 11 is 0. The summed E-state index contributed by atoms with van der Waals surface area (Å²) in [6.07, 6.45) is -0.515. The fourth-order valence-electron chi connectivity index (χ4n) is 1.40. The van der Waals surface area contributed by atoms with Gasteiger partial charge < -0.3 is 10.8 Å². The van der Waals surface area contributed by atoms with E-state index in [4.69, 9.17) is 10.8 Å². The van der Waals surface area contributed by atoms with Crippen molar-refractivity contribution in [3.05, 3.63) is 0 Å². The lowest BCUT2D eigenvalue weighted by molar-refractivity contribution is -0.0612. The highest BCUT2D eigenvalue weighted by Gasteiger charge is 2.36. The highest BCUT2D eigenvalue weighted by atomic mass is 19.3. The van der Waals surface area contributed by atoms with Crippen molar-refractivity contribution in [3.8, 4) is 0 Å². The molecule has 1 saturated carbocycles. The van der Waals surface area contributed by atoms with E-state index in [9.17, 15) is 8.78 Å². The van der Waals surface area contributed by atoms with Gasteiger partial charge in [0.05, 0.1) is 0 Å². The van der Waals surface area contributed by atoms with Crippen molar-refractivity contribution in [2.75, 3.05) is 0 Å². The van der Waals surface area contributed by atoms with Gasteiger partial charge in [0.1, 0.15) is 6.23 Å². The predicted molar refractivity (Wildman–Crippen MR) is 37.1 cm³/mol. The van der Waals surface area contributed by atoms with E-state index in [2.05, 4.69) is 0 Å². The molecule has 0 saturated heterocycles. The molecule has 66 valence electrons. The van der Waals surface area contributed by atoms with Crippen LogP contribution in [0.15, 0.2) is 0 Å². The zero-order chi connectivity index (χ0) is 8.48. The van der Waals surface area contributed by atoms with Crippen LogP contribution in [-0.2, 0) is 0 Å². The summed E-state index contributed by atoms with van der Waals surface area (Å²) in [5, 5.41) is 8.88. The summed E-state index contributed by atoms with van der Waals surface area (Å²) in [4.78, 5) is 0. The lowest BCUT2D eigenvalue weighted by Gasteiger charge is -2.29. The minimum atomic E-state index is -2.52. The van der Waals surface area contributed by atoms with Crippen LogP contribution in [0.3, 0.4) is 0 Å². The number of nitrogens with two attached hydrogens (primary N) is 1. The Hall–Kier alpha value is -0.220. The van der Waals surface area contributed by atoms with Gasteiger partial charge in [-0.2, -0.15) is 0 Å². The number of halogens is 2. The molecule has 3 N–H and O–H groups in total. The van der Waals surface area contributed by atoms with Crippen molar-refractivity contribution in [2.24, 2.45) is 11.7 Å². The van der Waals surface area contributed by atoms with Gasteiger partial charge in [-0.05, 0) is 18.8 Å². The van der Waals surface area contributed by atoms with Crippen LogP contribution < -0.4 is 5.73 Å². The molecule has 11 heavy (non-hydrogen) atoms. The van der Waals surface area contributed by atoms with Gasteiger partial charge in [-0.3, -0.25) is 0 Å². The van der Waals surface area contributed by atoms with Gasteiger partial charge in [-0.1, -0.05) is 0 Å². The Morgan fingerprint density at radius 2 is 1.82 bits per heavy atom. The number of alkyl halides is 2. The summed E-state index contributed by atoms with van der Waals surface area (Å²) < 4.78 is 25.0. The number of rotatable bonds is 1. The van der Waals surface area contributed by atoms with Crippen LogP contribution >= 0.6 is 0 Å². The van der Waals surface area contributed by atoms with Gasteiger partial charge in [0.2, 0.25) is 5.92 Å². The Morgan fingerprint density at radius 3 is 2.18 bits per heavy atom. The average Bonchev–Trinajstić information content (AvgIpc) is 1.86. The Morgan fingerprint density at radius 1 is 1.36 bits per heavy atom. The quantitative estimate of drug-likeness (QED) is 0.571. The molecule has 0 heterocycles. The van der Waals surface area contributed by atoms with Crippen molar-refractivity contribution in [2.45, 2.75) is 37.8 Å². The van der Waals surface area contributed by atoms with Gasteiger partial charge in [0, 0.05) is 12.8 Å². The molecule has 1 rings (SSSR count). The Kier molecular flexibility index (Phi) is 2.44. The van der Waals surface area contributed by atoms with Gasteiger partial charge in [0.25, 0.3) is 0 Å². The number of hydrogen-bond donors (Lipinski definition) is 2. The molecule has 0 spiro atoms. The van der Waals surface area contributed by atoms with Crippen molar-refractivity contribution >= 4 is 0 Å². The molecular weight excluding hydrogens is 152 g/mol. The highest BCUT2D eigenvalue weighted by molar-refractivity contribution is 4.79. The monoisotopic (exact) mass is 165 g/mol. The number of hydrogen-bond acceptors (Lipinski definition) is 2. The van der Waals surface area contributed by atoms with E-state index in [1.165, 1.54) is 0 Å². The molecule has 0 aromatic rings. The van der Waals surface area contributed by atoms with Gasteiger partial charge >= 0.3 is 0 Å². The van der Waals surface area contributed by atoms with Crippen LogP contribution in [0.4, 0.5) is 8.78 Å². The van der Waals surface area contributed by atoms with Crippen molar-refractivity contribution in [1.29, 1.82) is 0 Å². The molecule has 1 unspecified atom stereocenters. The maximum absolute atomic E-state index is 12.5. The topological polar surface area (TPSA) is 46.2 Å². The van der Waals surface area contributed by atoms with Crippen LogP contribution in [0.25, 0.3) is 0 Å². The van der Waals surface area contributed by atoms with Gasteiger partial charge in [-0.25, -0.2) is 8.78 Å². The third-order valence-corrected chi connectivity index (χ3v) is 2.24. The van der Waals surface area contributed by atoms with Crippen molar-refractivity contribution in [1.82, 2.24) is 0 Å². The standard InChI is InChI=1S/C7H13F2NO/c8-7(9)3-1-5(2-4-7)6(10)11/h5-6,11H,1-4,10H2. The van der Waals surface area contributed by atoms with E-state index >= 15 is 0 Å². The Balaban J connectivity index is 2.36. The molecule has 0 aromatic heterocycles. The third-order valence-electron chi connectivity index (χ3n) is 2.24. The normalized spacial score (nSPS) is 28.4. The van der Waals surface area contributed by atoms with E-state index in [1.54, 1.807) is 0 Å². The van der Waals surface area contributed by atoms with E-state index < -0.39 is 12.2 Å². The zero-order valence-electron chi connectivity index (χ0n) is 6.26. The summed E-state index contributed by atoms with van der Waals surface area (Å²) in [5.41, 5.74) is 5.17. The van der Waals surface area contributed by atoms with E-state index in [0.29, 0.717) is 12.8 Å². The van der Waals surface area contributed by atoms with E-state index in [1.807, 2.05) is 0 Å². The molecular formula is C7H13F2NO. The number of aliphatic hydroxyl groups is 1. The van der Waals surface area contributed by atoms with Crippen LogP contribution in [0.1, 0.15) is 25.7 Å². The lowest BCUT2D eigenvalue weighted by atomic mass is 9.86. The van der Waals surface area contributed by atoms with Crippen LogP contribution in [0.5, 0.6) is 0 Å². The molecule has 1 aliphatic rings. The highest BCUT2D eigenvalue weighted by Crippen LogP contribution is 2.36. The largest absolute Gasteiger partial charge is 0.379 e. The maximum atomic E-state index is 12.5. The molecule has 1 atom stereocenters. The van der Waals surface area contributed by atoms with E-state index in [-0.39, 0.29) is 18.8 Å². The first kappa shape index (κ1) is 8.87. The second-order valence-electron chi connectivity index (χ2n) is 3.18. The summed E-state index contributed by atoms with van der Waals surface area (Å²) in [6, 6.07) is 0. The van der Waals surface area contributed by atoms with Crippen molar-refractivity contribution in [3.63, 3.8) is 0 Å². The minimum absolute atomic E-state index is 0.130. The summed E-state index contributed by atoms with van der Waals surface area (Å²) in [5.74, 6) is -2.65. The number of aliphatic hydroxyl groups excluding tert-OH is 1. The Labute approximate surface area is 64.4 Å². The second-order valence-corrected chi connectivity index (χ2v) is 3.18. The predicted octanol–water partition coefficient (Wildman–Crippen LogP) is 1.09. The summed E-state index contributed by atoms with van der Waals surface area (Å²) in [7, 11) is 0. The zero-order valence-corrected chi connectivity index (χ0v) is 6.26.